The van der Waals surface area contributed by atoms with Crippen LogP contribution in [0.4, 0.5) is 5.69 Å². The zero-order valence-electron chi connectivity index (χ0n) is 16.8. The summed E-state index contributed by atoms with van der Waals surface area (Å²) in [6, 6.07) is 9.50. The quantitative estimate of drug-likeness (QED) is 0.712. The number of hydrogen-bond donors (Lipinski definition) is 0. The second kappa shape index (κ2) is 8.87. The van der Waals surface area contributed by atoms with E-state index in [9.17, 15) is 13.2 Å². The van der Waals surface area contributed by atoms with Gasteiger partial charge in [0.2, 0.25) is 5.91 Å². The Bertz CT molecular complexity index is 755. The number of nitrogens with zero attached hydrogens (tertiary/aromatic N) is 4. The maximum absolute atomic E-state index is 13.0. The standard InChI is InChI=1S/C19H30N4O4S/c1-16-13-23(14-17(2)27-16)28(25,26)22-11-9-21(10-12-22)15-19(24)20(3)18-7-5-4-6-8-18/h4-8,16-17H,9-15H2,1-3H3/t16-,17-/m0/s1. The van der Waals surface area contributed by atoms with E-state index in [-0.39, 0.29) is 24.7 Å². The van der Waals surface area contributed by atoms with E-state index in [4.69, 9.17) is 4.74 Å². The maximum atomic E-state index is 13.0. The average Bonchev–Trinajstić information content (AvgIpc) is 2.67. The molecule has 9 heteroatoms. The molecule has 0 saturated carbocycles. The Balaban J connectivity index is 1.53. The Morgan fingerprint density at radius 2 is 1.61 bits per heavy atom. The van der Waals surface area contributed by atoms with Crippen LogP contribution in [0.15, 0.2) is 30.3 Å². The molecule has 0 aliphatic carbocycles. The summed E-state index contributed by atoms with van der Waals surface area (Å²) in [7, 11) is -1.73. The van der Waals surface area contributed by atoms with Crippen molar-refractivity contribution < 1.29 is 17.9 Å². The molecule has 2 aliphatic heterocycles. The topological polar surface area (TPSA) is 73.4 Å². The zero-order valence-corrected chi connectivity index (χ0v) is 17.6. The van der Waals surface area contributed by atoms with Gasteiger partial charge in [-0.3, -0.25) is 9.69 Å². The number of amides is 1. The van der Waals surface area contributed by atoms with Gasteiger partial charge in [0.25, 0.3) is 10.2 Å². The number of rotatable bonds is 5. The normalized spacial score (nSPS) is 25.5. The fourth-order valence-electron chi connectivity index (χ4n) is 3.69. The molecule has 8 nitrogen and oxygen atoms in total. The minimum Gasteiger partial charge on any atom is -0.373 e. The second-order valence-electron chi connectivity index (χ2n) is 7.55. The first-order chi connectivity index (χ1) is 13.3. The zero-order chi connectivity index (χ0) is 20.3. The lowest BCUT2D eigenvalue weighted by Crippen LogP contribution is -2.57. The molecular weight excluding hydrogens is 380 g/mol. The number of hydrogen-bond acceptors (Lipinski definition) is 5. The van der Waals surface area contributed by atoms with E-state index in [1.54, 1.807) is 11.9 Å². The Kier molecular flexibility index (Phi) is 6.72. The summed E-state index contributed by atoms with van der Waals surface area (Å²) in [6.07, 6.45) is -0.211. The predicted octanol–water partition coefficient (Wildman–Crippen LogP) is 0.621. The summed E-state index contributed by atoms with van der Waals surface area (Å²) >= 11 is 0. The fraction of sp³-hybridized carbons (Fsp3) is 0.632. The van der Waals surface area contributed by atoms with Gasteiger partial charge in [0.05, 0.1) is 18.8 Å². The molecular formula is C19H30N4O4S. The Hall–Kier alpha value is -1.52. The summed E-state index contributed by atoms with van der Waals surface area (Å²) < 4.78 is 34.6. The number of anilines is 1. The van der Waals surface area contributed by atoms with Crippen molar-refractivity contribution in [2.24, 2.45) is 0 Å². The number of likely N-dealkylation sites (N-methyl/N-ethyl adjacent to an activating group) is 1. The number of para-hydroxylation sites is 1. The van der Waals surface area contributed by atoms with Gasteiger partial charge in [-0.05, 0) is 26.0 Å². The average molecular weight is 411 g/mol. The molecule has 1 amide bonds. The van der Waals surface area contributed by atoms with E-state index >= 15 is 0 Å². The molecule has 1 aromatic rings. The summed E-state index contributed by atoms with van der Waals surface area (Å²) in [5, 5.41) is 0. The number of carbonyl (C=O) groups excluding carboxylic acids is 1. The molecule has 2 atom stereocenters. The minimum absolute atomic E-state index is 0.00154. The molecule has 0 radical (unpaired) electrons. The van der Waals surface area contributed by atoms with Gasteiger partial charge in [-0.2, -0.15) is 17.0 Å². The number of morpholine rings is 1. The van der Waals surface area contributed by atoms with Crippen LogP contribution in [0.25, 0.3) is 0 Å². The molecule has 2 heterocycles. The highest BCUT2D eigenvalue weighted by atomic mass is 32.2. The highest BCUT2D eigenvalue weighted by Crippen LogP contribution is 2.19. The van der Waals surface area contributed by atoms with Gasteiger partial charge in [0, 0.05) is 52.0 Å². The summed E-state index contributed by atoms with van der Waals surface area (Å²) in [6.45, 7) is 6.71. The highest BCUT2D eigenvalue weighted by Gasteiger charge is 2.36. The molecule has 0 unspecified atom stereocenters. The van der Waals surface area contributed by atoms with Gasteiger partial charge in [-0.25, -0.2) is 0 Å². The third-order valence-electron chi connectivity index (χ3n) is 5.25. The fourth-order valence-corrected chi connectivity index (χ4v) is 5.44. The van der Waals surface area contributed by atoms with Crippen LogP contribution in [0.2, 0.25) is 0 Å². The summed E-state index contributed by atoms with van der Waals surface area (Å²) in [4.78, 5) is 16.2. The first-order valence-corrected chi connectivity index (χ1v) is 11.1. The SMILES string of the molecule is C[C@H]1CN(S(=O)(=O)N2CCN(CC(=O)N(C)c3ccccc3)CC2)C[C@H](C)O1. The van der Waals surface area contributed by atoms with Crippen molar-refractivity contribution in [2.75, 3.05) is 57.8 Å². The van der Waals surface area contributed by atoms with Gasteiger partial charge < -0.3 is 9.64 Å². The van der Waals surface area contributed by atoms with E-state index in [0.29, 0.717) is 39.3 Å². The molecule has 0 N–H and O–H groups in total. The van der Waals surface area contributed by atoms with Crippen molar-refractivity contribution in [3.05, 3.63) is 30.3 Å². The number of ether oxygens (including phenoxy) is 1. The molecule has 2 saturated heterocycles. The largest absolute Gasteiger partial charge is 0.373 e. The number of benzene rings is 1. The van der Waals surface area contributed by atoms with Crippen molar-refractivity contribution in [1.82, 2.24) is 13.5 Å². The molecule has 1 aromatic carbocycles. The van der Waals surface area contributed by atoms with Crippen LogP contribution in [0.1, 0.15) is 13.8 Å². The lowest BCUT2D eigenvalue weighted by molar-refractivity contribution is -0.119. The molecule has 3 rings (SSSR count). The van der Waals surface area contributed by atoms with Gasteiger partial charge in [-0.15, -0.1) is 0 Å². The van der Waals surface area contributed by atoms with Gasteiger partial charge in [-0.1, -0.05) is 18.2 Å². The number of carbonyl (C=O) groups is 1. The lowest BCUT2D eigenvalue weighted by atomic mass is 10.3. The first kappa shape index (κ1) is 21.2. The van der Waals surface area contributed by atoms with Crippen LogP contribution < -0.4 is 4.90 Å². The van der Waals surface area contributed by atoms with E-state index in [0.717, 1.165) is 5.69 Å². The van der Waals surface area contributed by atoms with E-state index in [1.165, 1.54) is 8.61 Å². The maximum Gasteiger partial charge on any atom is 0.282 e. The summed E-state index contributed by atoms with van der Waals surface area (Å²) in [5.74, 6) is -0.00154. The first-order valence-electron chi connectivity index (χ1n) is 9.72. The molecule has 2 aliphatic rings. The van der Waals surface area contributed by atoms with E-state index < -0.39 is 10.2 Å². The van der Waals surface area contributed by atoms with Crippen molar-refractivity contribution in [1.29, 1.82) is 0 Å². The Morgan fingerprint density at radius 3 is 2.18 bits per heavy atom. The molecule has 2 fully saturated rings. The lowest BCUT2D eigenvalue weighted by Gasteiger charge is -2.40. The molecule has 156 valence electrons. The Labute approximate surface area is 167 Å². The predicted molar refractivity (Wildman–Crippen MR) is 108 cm³/mol. The second-order valence-corrected chi connectivity index (χ2v) is 9.47. The van der Waals surface area contributed by atoms with Crippen LogP contribution >= 0.6 is 0 Å². The third kappa shape index (κ3) is 4.90. The highest BCUT2D eigenvalue weighted by molar-refractivity contribution is 7.86. The van der Waals surface area contributed by atoms with Crippen LogP contribution in [0, 0.1) is 0 Å². The van der Waals surface area contributed by atoms with Crippen LogP contribution in [-0.4, -0.2) is 92.9 Å². The van der Waals surface area contributed by atoms with Crippen molar-refractivity contribution >= 4 is 21.8 Å². The van der Waals surface area contributed by atoms with Crippen molar-refractivity contribution in [3.63, 3.8) is 0 Å². The van der Waals surface area contributed by atoms with Gasteiger partial charge in [0.1, 0.15) is 0 Å². The smallest absolute Gasteiger partial charge is 0.282 e. The third-order valence-corrected chi connectivity index (χ3v) is 7.21. The van der Waals surface area contributed by atoms with Gasteiger partial charge in [0.15, 0.2) is 0 Å². The summed E-state index contributed by atoms with van der Waals surface area (Å²) in [5.41, 5.74) is 0.851. The van der Waals surface area contributed by atoms with Crippen LogP contribution in [0.3, 0.4) is 0 Å². The Morgan fingerprint density at radius 1 is 1.04 bits per heavy atom. The number of piperazine rings is 1. The van der Waals surface area contributed by atoms with Gasteiger partial charge >= 0.3 is 0 Å². The molecule has 0 aromatic heterocycles. The van der Waals surface area contributed by atoms with E-state index in [1.807, 2.05) is 49.1 Å². The van der Waals surface area contributed by atoms with Crippen molar-refractivity contribution in [2.45, 2.75) is 26.1 Å². The van der Waals surface area contributed by atoms with Crippen LogP contribution in [-0.2, 0) is 19.7 Å². The van der Waals surface area contributed by atoms with Crippen molar-refractivity contribution in [3.8, 4) is 0 Å². The molecule has 0 bridgehead atoms. The molecule has 0 spiro atoms. The molecule has 28 heavy (non-hydrogen) atoms. The van der Waals surface area contributed by atoms with Crippen LogP contribution in [0.5, 0.6) is 0 Å². The minimum atomic E-state index is -3.50. The monoisotopic (exact) mass is 410 g/mol. The van der Waals surface area contributed by atoms with E-state index in [2.05, 4.69) is 0 Å².